The molecule has 3 unspecified atom stereocenters. The monoisotopic (exact) mass is 659 g/mol. The van der Waals surface area contributed by atoms with Crippen molar-refractivity contribution >= 4 is 11.9 Å². The highest BCUT2D eigenvalue weighted by molar-refractivity contribution is 5.80. The molecule has 2 rings (SSSR count). The summed E-state index contributed by atoms with van der Waals surface area (Å²) in [6, 6.07) is 0. The highest BCUT2D eigenvalue weighted by atomic mass is 16.6. The fourth-order valence-electron chi connectivity index (χ4n) is 6.73. The molecule has 6 heteroatoms. The SMILES string of the molecule is Cc1c(C)c2c(c(C)c1OC(=O)CCC(=O)OC(C)(C)CCOC(C)C)CCC(C)(CCCC(C)CCCC(C)CCCC(C)C)O2. The van der Waals surface area contributed by atoms with Gasteiger partial charge in [0, 0.05) is 12.0 Å². The Hall–Kier alpha value is -2.08. The molecular weight excluding hydrogens is 588 g/mol. The Kier molecular flexibility index (Phi) is 16.8. The van der Waals surface area contributed by atoms with E-state index in [2.05, 4.69) is 41.5 Å². The van der Waals surface area contributed by atoms with Crippen LogP contribution in [0.15, 0.2) is 0 Å². The van der Waals surface area contributed by atoms with Crippen molar-refractivity contribution in [1.29, 1.82) is 0 Å². The predicted molar refractivity (Wildman–Crippen MR) is 193 cm³/mol. The molecule has 0 saturated heterocycles. The number of esters is 2. The van der Waals surface area contributed by atoms with Crippen molar-refractivity contribution in [2.45, 2.75) is 190 Å². The summed E-state index contributed by atoms with van der Waals surface area (Å²) in [4.78, 5) is 25.4. The van der Waals surface area contributed by atoms with Crippen molar-refractivity contribution in [2.75, 3.05) is 6.61 Å². The van der Waals surface area contributed by atoms with Crippen LogP contribution in [0.3, 0.4) is 0 Å². The lowest BCUT2D eigenvalue weighted by molar-refractivity contribution is -0.160. The fraction of sp³-hybridized carbons (Fsp3) is 0.805. The first kappa shape index (κ1) is 41.1. The van der Waals surface area contributed by atoms with E-state index in [9.17, 15) is 9.59 Å². The van der Waals surface area contributed by atoms with E-state index in [1.807, 2.05) is 41.5 Å². The third-order valence-electron chi connectivity index (χ3n) is 10.1. The average Bonchev–Trinajstić information content (AvgIpc) is 2.96. The molecule has 1 aromatic rings. The first-order valence-corrected chi connectivity index (χ1v) is 18.8. The molecule has 0 fully saturated rings. The fourth-order valence-corrected chi connectivity index (χ4v) is 6.73. The van der Waals surface area contributed by atoms with Crippen LogP contribution < -0.4 is 9.47 Å². The zero-order valence-corrected chi connectivity index (χ0v) is 32.4. The van der Waals surface area contributed by atoms with Crippen molar-refractivity contribution in [3.05, 3.63) is 22.3 Å². The second kappa shape index (κ2) is 19.2. The van der Waals surface area contributed by atoms with E-state index in [0.717, 1.165) is 65.0 Å². The van der Waals surface area contributed by atoms with Crippen LogP contribution in [0.5, 0.6) is 11.5 Å². The van der Waals surface area contributed by atoms with Gasteiger partial charge in [0.15, 0.2) is 0 Å². The van der Waals surface area contributed by atoms with Gasteiger partial charge in [-0.2, -0.15) is 0 Å². The standard InChI is InChI=1S/C41H70O6/c1-28(2)16-13-17-30(5)18-14-19-31(6)20-15-24-41(12)25-23-35-34(9)38(32(7)33(8)39(35)47-41)45-36(42)21-22-37(43)46-40(10,11)26-27-44-29(3)4/h28-31H,13-27H2,1-12H3. The molecule has 1 aliphatic heterocycles. The molecule has 1 aliphatic rings. The van der Waals surface area contributed by atoms with Gasteiger partial charge in [-0.3, -0.25) is 9.59 Å². The average molecular weight is 659 g/mol. The van der Waals surface area contributed by atoms with Crippen LogP contribution in [0.25, 0.3) is 0 Å². The number of carbonyl (C=O) groups excluding carboxylic acids is 2. The number of hydrogen-bond donors (Lipinski definition) is 0. The van der Waals surface area contributed by atoms with Gasteiger partial charge in [-0.25, -0.2) is 0 Å². The molecule has 47 heavy (non-hydrogen) atoms. The molecule has 0 bridgehead atoms. The molecule has 270 valence electrons. The van der Waals surface area contributed by atoms with Crippen molar-refractivity contribution < 1.29 is 28.5 Å². The molecule has 0 aromatic heterocycles. The van der Waals surface area contributed by atoms with Crippen molar-refractivity contribution in [2.24, 2.45) is 17.8 Å². The van der Waals surface area contributed by atoms with E-state index in [1.165, 1.54) is 51.4 Å². The first-order chi connectivity index (χ1) is 21.9. The van der Waals surface area contributed by atoms with Crippen LogP contribution >= 0.6 is 0 Å². The van der Waals surface area contributed by atoms with Crippen LogP contribution in [-0.4, -0.2) is 35.9 Å². The van der Waals surface area contributed by atoms with E-state index in [4.69, 9.17) is 18.9 Å². The van der Waals surface area contributed by atoms with E-state index in [0.29, 0.717) is 18.8 Å². The predicted octanol–water partition coefficient (Wildman–Crippen LogP) is 11.0. The maximum absolute atomic E-state index is 12.9. The molecule has 0 aliphatic carbocycles. The zero-order chi connectivity index (χ0) is 35.4. The Morgan fingerprint density at radius 3 is 1.98 bits per heavy atom. The highest BCUT2D eigenvalue weighted by Crippen LogP contribution is 2.45. The Morgan fingerprint density at radius 1 is 0.809 bits per heavy atom. The number of carbonyl (C=O) groups is 2. The number of rotatable bonds is 21. The molecule has 3 atom stereocenters. The summed E-state index contributed by atoms with van der Waals surface area (Å²) in [6.07, 6.45) is 14.1. The van der Waals surface area contributed by atoms with Crippen molar-refractivity contribution in [1.82, 2.24) is 0 Å². The smallest absolute Gasteiger partial charge is 0.311 e. The molecule has 6 nitrogen and oxygen atoms in total. The van der Waals surface area contributed by atoms with Gasteiger partial charge >= 0.3 is 11.9 Å². The summed E-state index contributed by atoms with van der Waals surface area (Å²) in [5, 5.41) is 0. The lowest BCUT2D eigenvalue weighted by atomic mass is 9.83. The molecule has 0 saturated carbocycles. The lowest BCUT2D eigenvalue weighted by Crippen LogP contribution is -2.37. The lowest BCUT2D eigenvalue weighted by Gasteiger charge is -2.38. The number of benzene rings is 1. The number of fused-ring (bicyclic) bond motifs is 1. The maximum Gasteiger partial charge on any atom is 0.311 e. The molecule has 1 aromatic carbocycles. The van der Waals surface area contributed by atoms with Gasteiger partial charge < -0.3 is 18.9 Å². The topological polar surface area (TPSA) is 71.1 Å². The van der Waals surface area contributed by atoms with Crippen LogP contribution in [0.1, 0.15) is 168 Å². The summed E-state index contributed by atoms with van der Waals surface area (Å²) in [5.74, 6) is 3.14. The molecular formula is C41H70O6. The third-order valence-corrected chi connectivity index (χ3v) is 10.1. The van der Waals surface area contributed by atoms with Crippen LogP contribution in [0.4, 0.5) is 0 Å². The summed E-state index contributed by atoms with van der Waals surface area (Å²) in [6.45, 7) is 26.0. The highest BCUT2D eigenvalue weighted by Gasteiger charge is 2.35. The minimum absolute atomic E-state index is 0.0209. The van der Waals surface area contributed by atoms with Gasteiger partial charge in [0.05, 0.1) is 25.6 Å². The summed E-state index contributed by atoms with van der Waals surface area (Å²) < 4.78 is 23.9. The Morgan fingerprint density at radius 2 is 1.38 bits per heavy atom. The summed E-state index contributed by atoms with van der Waals surface area (Å²) >= 11 is 0. The van der Waals surface area contributed by atoms with E-state index >= 15 is 0 Å². The van der Waals surface area contributed by atoms with E-state index in [1.54, 1.807) is 0 Å². The quantitative estimate of drug-likeness (QED) is 0.0967. The Bertz CT molecular complexity index is 1140. The van der Waals surface area contributed by atoms with Crippen molar-refractivity contribution in [3.8, 4) is 11.5 Å². The first-order valence-electron chi connectivity index (χ1n) is 18.8. The minimum atomic E-state index is -0.656. The molecule has 0 radical (unpaired) electrons. The maximum atomic E-state index is 12.9. The van der Waals surface area contributed by atoms with E-state index < -0.39 is 17.5 Å². The zero-order valence-electron chi connectivity index (χ0n) is 32.4. The van der Waals surface area contributed by atoms with Crippen LogP contribution in [0.2, 0.25) is 0 Å². The van der Waals surface area contributed by atoms with Gasteiger partial charge in [0.1, 0.15) is 22.7 Å². The molecule has 0 N–H and O–H groups in total. The Balaban J connectivity index is 1.86. The third kappa shape index (κ3) is 14.5. The number of ether oxygens (including phenoxy) is 4. The van der Waals surface area contributed by atoms with Crippen LogP contribution in [0, 0.1) is 38.5 Å². The van der Waals surface area contributed by atoms with Gasteiger partial charge in [-0.1, -0.05) is 72.6 Å². The van der Waals surface area contributed by atoms with Gasteiger partial charge in [0.25, 0.3) is 0 Å². The van der Waals surface area contributed by atoms with Gasteiger partial charge in [-0.05, 0) is 116 Å². The van der Waals surface area contributed by atoms with E-state index in [-0.39, 0.29) is 24.5 Å². The normalized spacial score (nSPS) is 17.7. The molecule has 1 heterocycles. The Labute approximate surface area is 288 Å². The van der Waals surface area contributed by atoms with Crippen LogP contribution in [-0.2, 0) is 25.5 Å². The number of hydrogen-bond acceptors (Lipinski definition) is 6. The van der Waals surface area contributed by atoms with Crippen molar-refractivity contribution in [3.63, 3.8) is 0 Å². The summed E-state index contributed by atoms with van der Waals surface area (Å²) in [7, 11) is 0. The summed E-state index contributed by atoms with van der Waals surface area (Å²) in [5.41, 5.74) is 3.19. The minimum Gasteiger partial charge on any atom is -0.487 e. The van der Waals surface area contributed by atoms with Gasteiger partial charge in [0.2, 0.25) is 0 Å². The second-order valence-electron chi connectivity index (χ2n) is 16.3. The molecule has 0 amide bonds. The largest absolute Gasteiger partial charge is 0.487 e. The second-order valence-corrected chi connectivity index (χ2v) is 16.3. The molecule has 0 spiro atoms. The van der Waals surface area contributed by atoms with Gasteiger partial charge in [-0.15, -0.1) is 0 Å².